The summed E-state index contributed by atoms with van der Waals surface area (Å²) in [5, 5.41) is 3.97. The number of ether oxygens (including phenoxy) is 2. The van der Waals surface area contributed by atoms with E-state index in [0.717, 1.165) is 22.6 Å². The Morgan fingerprint density at radius 3 is 2.45 bits per heavy atom. The molecule has 2 aromatic carbocycles. The normalized spacial score (nSPS) is 20.5. The van der Waals surface area contributed by atoms with Crippen LogP contribution in [0.15, 0.2) is 71.1 Å². The first-order chi connectivity index (χ1) is 15.8. The largest absolute Gasteiger partial charge is 0.496 e. The van der Waals surface area contributed by atoms with E-state index in [0.29, 0.717) is 34.7 Å². The molecule has 1 N–H and O–H groups in total. The van der Waals surface area contributed by atoms with Crippen LogP contribution in [0.25, 0.3) is 0 Å². The zero-order valence-corrected chi connectivity index (χ0v) is 20.0. The van der Waals surface area contributed by atoms with Gasteiger partial charge >= 0.3 is 5.97 Å². The Bertz CT molecular complexity index is 1150. The molecule has 33 heavy (non-hydrogen) atoms. The molecule has 2 unspecified atom stereocenters. The van der Waals surface area contributed by atoms with Gasteiger partial charge in [0.2, 0.25) is 0 Å². The van der Waals surface area contributed by atoms with E-state index in [2.05, 4.69) is 5.32 Å². The fraction of sp³-hybridized carbons (Fsp3) is 0.333. The predicted molar refractivity (Wildman–Crippen MR) is 128 cm³/mol. The number of Topliss-reactive ketones (excluding diaryl/α,β-unsaturated/α-hetero) is 1. The number of benzene rings is 2. The number of nitrogens with one attached hydrogen (secondary N) is 1. The summed E-state index contributed by atoms with van der Waals surface area (Å²) in [5.74, 6) is -0.139. The number of hydrogen-bond acceptors (Lipinski definition) is 5. The van der Waals surface area contributed by atoms with Crippen LogP contribution in [0.4, 0.5) is 0 Å². The number of allylic oxidation sites excluding steroid dienone is 3. The van der Waals surface area contributed by atoms with Gasteiger partial charge in [-0.3, -0.25) is 4.79 Å². The zero-order valence-electron chi connectivity index (χ0n) is 19.3. The van der Waals surface area contributed by atoms with Crippen molar-refractivity contribution in [2.75, 3.05) is 7.11 Å². The fourth-order valence-corrected chi connectivity index (χ4v) is 4.93. The Morgan fingerprint density at radius 2 is 1.79 bits per heavy atom. The summed E-state index contributed by atoms with van der Waals surface area (Å²) in [7, 11) is 1.64. The average Bonchev–Trinajstić information content (AvgIpc) is 2.78. The maximum atomic E-state index is 13.6. The van der Waals surface area contributed by atoms with Crippen molar-refractivity contribution < 1.29 is 19.1 Å². The molecule has 4 rings (SSSR count). The number of methoxy groups -OCH3 is 1. The Kier molecular flexibility index (Phi) is 6.61. The van der Waals surface area contributed by atoms with Gasteiger partial charge in [-0.15, -0.1) is 0 Å². The minimum absolute atomic E-state index is 0.0114. The summed E-state index contributed by atoms with van der Waals surface area (Å²) < 4.78 is 11.1. The lowest BCUT2D eigenvalue weighted by atomic mass is 9.71. The van der Waals surface area contributed by atoms with E-state index >= 15 is 0 Å². The van der Waals surface area contributed by atoms with Crippen LogP contribution in [0.2, 0.25) is 5.02 Å². The van der Waals surface area contributed by atoms with E-state index in [1.165, 1.54) is 0 Å². The van der Waals surface area contributed by atoms with Gasteiger partial charge in [0.05, 0.1) is 18.8 Å². The van der Waals surface area contributed by atoms with Crippen LogP contribution in [0.3, 0.4) is 0 Å². The molecule has 0 spiro atoms. The number of dihydropyridines is 1. The Balaban J connectivity index is 1.80. The van der Waals surface area contributed by atoms with Gasteiger partial charge < -0.3 is 14.8 Å². The summed E-state index contributed by atoms with van der Waals surface area (Å²) >= 11 is 6.12. The number of rotatable bonds is 5. The Labute approximate surface area is 199 Å². The van der Waals surface area contributed by atoms with Gasteiger partial charge in [-0.25, -0.2) is 4.79 Å². The molecular weight excluding hydrogens is 438 g/mol. The van der Waals surface area contributed by atoms with Crippen molar-refractivity contribution >= 4 is 23.4 Å². The number of ketones is 1. The molecule has 0 fully saturated rings. The molecule has 1 heterocycles. The standard InChI is InChI=1S/C27H28ClNO4/c1-15(2)33-27(31)24-16(3)29-21-13-18(20-7-5-6-8-23(20)32-4)14-22(30)26(21)25(24)17-9-11-19(28)12-10-17/h5-12,15,18,25,29H,13-14H2,1-4H3. The van der Waals surface area contributed by atoms with Crippen molar-refractivity contribution in [3.05, 3.63) is 87.2 Å². The summed E-state index contributed by atoms with van der Waals surface area (Å²) in [6.45, 7) is 5.49. The molecule has 2 aliphatic rings. The first-order valence-electron chi connectivity index (χ1n) is 11.1. The van der Waals surface area contributed by atoms with E-state index in [4.69, 9.17) is 21.1 Å². The lowest BCUT2D eigenvalue weighted by molar-refractivity contribution is -0.143. The highest BCUT2D eigenvalue weighted by molar-refractivity contribution is 6.30. The SMILES string of the molecule is COc1ccccc1C1CC(=O)C2=C(C1)NC(C)=C(C(=O)OC(C)C)C2c1ccc(Cl)cc1. The molecule has 1 aliphatic heterocycles. The van der Waals surface area contributed by atoms with Gasteiger partial charge in [0.25, 0.3) is 0 Å². The molecule has 0 saturated carbocycles. The summed E-state index contributed by atoms with van der Waals surface area (Å²) in [6, 6.07) is 15.1. The number of hydrogen-bond donors (Lipinski definition) is 1. The molecule has 172 valence electrons. The van der Waals surface area contributed by atoms with Crippen LogP contribution in [0.5, 0.6) is 5.75 Å². The first kappa shape index (κ1) is 23.1. The van der Waals surface area contributed by atoms with E-state index in [-0.39, 0.29) is 17.8 Å². The van der Waals surface area contributed by atoms with E-state index in [9.17, 15) is 9.59 Å². The number of carbonyl (C=O) groups excluding carboxylic acids is 2. The van der Waals surface area contributed by atoms with Crippen molar-refractivity contribution in [3.63, 3.8) is 0 Å². The van der Waals surface area contributed by atoms with Crippen molar-refractivity contribution in [3.8, 4) is 5.75 Å². The smallest absolute Gasteiger partial charge is 0.337 e. The molecule has 0 amide bonds. The van der Waals surface area contributed by atoms with Crippen molar-refractivity contribution in [2.45, 2.75) is 51.6 Å². The highest BCUT2D eigenvalue weighted by Gasteiger charge is 2.41. The summed E-state index contributed by atoms with van der Waals surface area (Å²) in [4.78, 5) is 26.7. The summed E-state index contributed by atoms with van der Waals surface area (Å²) in [6.07, 6.45) is 0.724. The first-order valence-corrected chi connectivity index (χ1v) is 11.5. The van der Waals surface area contributed by atoms with E-state index in [1.54, 1.807) is 19.2 Å². The quantitative estimate of drug-likeness (QED) is 0.577. The van der Waals surface area contributed by atoms with Crippen LogP contribution in [0, 0.1) is 0 Å². The summed E-state index contributed by atoms with van der Waals surface area (Å²) in [5.41, 5.74) is 4.50. The van der Waals surface area contributed by atoms with Crippen LogP contribution >= 0.6 is 11.6 Å². The second-order valence-electron chi connectivity index (χ2n) is 8.76. The molecular formula is C27H28ClNO4. The second kappa shape index (κ2) is 9.44. The molecule has 0 saturated heterocycles. The van der Waals surface area contributed by atoms with Gasteiger partial charge in [-0.05, 0) is 56.5 Å². The number of para-hydroxylation sites is 1. The van der Waals surface area contributed by atoms with Crippen LogP contribution < -0.4 is 10.1 Å². The van der Waals surface area contributed by atoms with Gasteiger partial charge in [-0.2, -0.15) is 0 Å². The van der Waals surface area contributed by atoms with E-state index in [1.807, 2.05) is 57.2 Å². The number of esters is 1. The third-order valence-electron chi connectivity index (χ3n) is 6.17. The lowest BCUT2D eigenvalue weighted by Gasteiger charge is -2.37. The van der Waals surface area contributed by atoms with Gasteiger partial charge in [0.15, 0.2) is 5.78 Å². The Hall–Kier alpha value is -3.05. The topological polar surface area (TPSA) is 64.6 Å². The van der Waals surface area contributed by atoms with Gasteiger partial charge in [0, 0.05) is 40.2 Å². The maximum Gasteiger partial charge on any atom is 0.337 e. The minimum atomic E-state index is -0.504. The third-order valence-corrected chi connectivity index (χ3v) is 6.42. The third kappa shape index (κ3) is 4.55. The van der Waals surface area contributed by atoms with Crippen LogP contribution in [0.1, 0.15) is 56.6 Å². The fourth-order valence-electron chi connectivity index (χ4n) is 4.80. The molecule has 0 aromatic heterocycles. The molecule has 1 aliphatic carbocycles. The maximum absolute atomic E-state index is 13.6. The highest BCUT2D eigenvalue weighted by atomic mass is 35.5. The predicted octanol–water partition coefficient (Wildman–Crippen LogP) is 5.66. The number of halogens is 1. The van der Waals surface area contributed by atoms with Crippen molar-refractivity contribution in [1.29, 1.82) is 0 Å². The second-order valence-corrected chi connectivity index (χ2v) is 9.20. The monoisotopic (exact) mass is 465 g/mol. The number of carbonyl (C=O) groups is 2. The van der Waals surface area contributed by atoms with Gasteiger partial charge in [-0.1, -0.05) is 41.9 Å². The van der Waals surface area contributed by atoms with Crippen molar-refractivity contribution in [1.82, 2.24) is 5.32 Å². The Morgan fingerprint density at radius 1 is 1.09 bits per heavy atom. The lowest BCUT2D eigenvalue weighted by Crippen LogP contribution is -2.36. The molecule has 0 bridgehead atoms. The molecule has 2 aromatic rings. The highest BCUT2D eigenvalue weighted by Crippen LogP contribution is 2.47. The van der Waals surface area contributed by atoms with E-state index < -0.39 is 11.9 Å². The molecule has 5 nitrogen and oxygen atoms in total. The van der Waals surface area contributed by atoms with Crippen molar-refractivity contribution in [2.24, 2.45) is 0 Å². The van der Waals surface area contributed by atoms with Crippen LogP contribution in [-0.2, 0) is 14.3 Å². The van der Waals surface area contributed by atoms with Gasteiger partial charge in [0.1, 0.15) is 5.75 Å². The minimum Gasteiger partial charge on any atom is -0.496 e. The average molecular weight is 466 g/mol. The molecule has 2 atom stereocenters. The van der Waals surface area contributed by atoms with Crippen LogP contribution in [-0.4, -0.2) is 25.0 Å². The molecule has 0 radical (unpaired) electrons. The molecule has 6 heteroatoms. The zero-order chi connectivity index (χ0) is 23.7.